The van der Waals surface area contributed by atoms with E-state index in [-0.39, 0.29) is 16.4 Å². The first-order valence-electron chi connectivity index (χ1n) is 6.98. The standard InChI is InChI=1S/C18H16ClFO4/c1-22-16-9-5-11(17(23-2)18(16)24-3)4-8-15(21)13-7-6-12(20)10-14(13)19/h4-10H,1-3H3/b8-4+. The second kappa shape index (κ2) is 7.84. The van der Waals surface area contributed by atoms with Crippen LogP contribution in [-0.4, -0.2) is 27.1 Å². The number of carbonyl (C=O) groups is 1. The van der Waals surface area contributed by atoms with Gasteiger partial charge in [0, 0.05) is 11.1 Å². The van der Waals surface area contributed by atoms with E-state index in [1.807, 2.05) is 0 Å². The molecule has 0 atom stereocenters. The molecule has 0 saturated carbocycles. The van der Waals surface area contributed by atoms with E-state index in [1.165, 1.54) is 39.5 Å². The Balaban J connectivity index is 2.36. The molecule has 0 unspecified atom stereocenters. The van der Waals surface area contributed by atoms with E-state index in [0.717, 1.165) is 6.07 Å². The van der Waals surface area contributed by atoms with E-state index in [1.54, 1.807) is 18.2 Å². The summed E-state index contributed by atoms with van der Waals surface area (Å²) < 4.78 is 28.9. The van der Waals surface area contributed by atoms with Crippen molar-refractivity contribution in [3.63, 3.8) is 0 Å². The van der Waals surface area contributed by atoms with Crippen LogP contribution in [0, 0.1) is 5.82 Å². The molecule has 0 amide bonds. The molecule has 0 aliphatic carbocycles. The molecular formula is C18H16ClFO4. The minimum absolute atomic E-state index is 0.0592. The van der Waals surface area contributed by atoms with Crippen molar-refractivity contribution in [1.29, 1.82) is 0 Å². The molecule has 24 heavy (non-hydrogen) atoms. The maximum atomic E-state index is 13.1. The highest BCUT2D eigenvalue weighted by Crippen LogP contribution is 2.40. The van der Waals surface area contributed by atoms with Gasteiger partial charge in [-0.3, -0.25) is 4.79 Å². The third-order valence-corrected chi connectivity index (χ3v) is 3.66. The number of ether oxygens (including phenoxy) is 3. The van der Waals surface area contributed by atoms with E-state index in [4.69, 9.17) is 25.8 Å². The van der Waals surface area contributed by atoms with Gasteiger partial charge in [-0.05, 0) is 42.5 Å². The Hall–Kier alpha value is -2.53. The van der Waals surface area contributed by atoms with Crippen molar-refractivity contribution in [2.75, 3.05) is 21.3 Å². The van der Waals surface area contributed by atoms with Gasteiger partial charge in [0.25, 0.3) is 0 Å². The van der Waals surface area contributed by atoms with Crippen LogP contribution in [0.3, 0.4) is 0 Å². The van der Waals surface area contributed by atoms with Gasteiger partial charge >= 0.3 is 0 Å². The highest BCUT2D eigenvalue weighted by Gasteiger charge is 2.15. The number of allylic oxidation sites excluding steroid dienone is 1. The third kappa shape index (κ3) is 3.68. The molecule has 6 heteroatoms. The average molecular weight is 351 g/mol. The zero-order chi connectivity index (χ0) is 17.7. The fourth-order valence-corrected chi connectivity index (χ4v) is 2.46. The summed E-state index contributed by atoms with van der Waals surface area (Å²) in [6.07, 6.45) is 2.91. The molecule has 0 aliphatic rings. The molecule has 2 aromatic rings. The highest BCUT2D eigenvalue weighted by molar-refractivity contribution is 6.34. The van der Waals surface area contributed by atoms with Gasteiger partial charge in [-0.1, -0.05) is 11.6 Å². The molecule has 0 N–H and O–H groups in total. The fourth-order valence-electron chi connectivity index (χ4n) is 2.20. The lowest BCUT2D eigenvalue weighted by Gasteiger charge is -2.13. The van der Waals surface area contributed by atoms with Gasteiger partial charge in [-0.15, -0.1) is 0 Å². The van der Waals surface area contributed by atoms with Crippen LogP contribution in [0.1, 0.15) is 15.9 Å². The normalized spacial score (nSPS) is 10.7. The molecule has 0 saturated heterocycles. The lowest BCUT2D eigenvalue weighted by molar-refractivity contribution is 0.104. The average Bonchev–Trinajstić information content (AvgIpc) is 2.58. The molecule has 126 valence electrons. The molecular weight excluding hydrogens is 335 g/mol. The number of hydrogen-bond donors (Lipinski definition) is 0. The van der Waals surface area contributed by atoms with Crippen molar-refractivity contribution in [3.05, 3.63) is 58.4 Å². The molecule has 0 heterocycles. The lowest BCUT2D eigenvalue weighted by Crippen LogP contribution is -1.98. The number of halogens is 2. The Morgan fingerprint density at radius 3 is 2.33 bits per heavy atom. The molecule has 4 nitrogen and oxygen atoms in total. The second-order valence-electron chi connectivity index (χ2n) is 4.75. The maximum Gasteiger partial charge on any atom is 0.203 e. The lowest BCUT2D eigenvalue weighted by atomic mass is 10.1. The van der Waals surface area contributed by atoms with Gasteiger partial charge in [0.05, 0.1) is 26.4 Å². The Labute approximate surface area is 144 Å². The first kappa shape index (κ1) is 17.8. The Morgan fingerprint density at radius 2 is 1.75 bits per heavy atom. The summed E-state index contributed by atoms with van der Waals surface area (Å²) in [4.78, 5) is 12.2. The summed E-state index contributed by atoms with van der Waals surface area (Å²) in [6, 6.07) is 7.06. The summed E-state index contributed by atoms with van der Waals surface area (Å²) in [5.41, 5.74) is 0.843. The van der Waals surface area contributed by atoms with Gasteiger partial charge in [0.15, 0.2) is 17.3 Å². The van der Waals surface area contributed by atoms with Gasteiger partial charge in [-0.25, -0.2) is 4.39 Å². The number of rotatable bonds is 6. The summed E-state index contributed by atoms with van der Waals surface area (Å²) >= 11 is 5.90. The largest absolute Gasteiger partial charge is 0.493 e. The highest BCUT2D eigenvalue weighted by atomic mass is 35.5. The Bertz CT molecular complexity index is 787. The fraction of sp³-hybridized carbons (Fsp3) is 0.167. The zero-order valence-corrected chi connectivity index (χ0v) is 14.2. The number of hydrogen-bond acceptors (Lipinski definition) is 4. The second-order valence-corrected chi connectivity index (χ2v) is 5.15. The maximum absolute atomic E-state index is 13.1. The van der Waals surface area contributed by atoms with Crippen LogP contribution < -0.4 is 14.2 Å². The van der Waals surface area contributed by atoms with Gasteiger partial charge < -0.3 is 14.2 Å². The molecule has 0 fully saturated rings. The summed E-state index contributed by atoms with van der Waals surface area (Å²) in [5, 5.41) is 0.0592. The van der Waals surface area contributed by atoms with Crippen LogP contribution in [0.2, 0.25) is 5.02 Å². The quantitative estimate of drug-likeness (QED) is 0.572. The van der Waals surface area contributed by atoms with E-state index in [9.17, 15) is 9.18 Å². The van der Waals surface area contributed by atoms with Gasteiger partial charge in [-0.2, -0.15) is 0 Å². The third-order valence-electron chi connectivity index (χ3n) is 3.35. The predicted octanol–water partition coefficient (Wildman–Crippen LogP) is 4.40. The van der Waals surface area contributed by atoms with E-state index in [2.05, 4.69) is 0 Å². The predicted molar refractivity (Wildman–Crippen MR) is 90.9 cm³/mol. The summed E-state index contributed by atoms with van der Waals surface area (Å²) in [5.74, 6) is 0.527. The van der Waals surface area contributed by atoms with Crippen molar-refractivity contribution in [2.45, 2.75) is 0 Å². The van der Waals surface area contributed by atoms with Crippen LogP contribution in [0.5, 0.6) is 17.2 Å². The summed E-state index contributed by atoms with van der Waals surface area (Å²) in [7, 11) is 4.51. The van der Waals surface area contributed by atoms with Crippen molar-refractivity contribution in [3.8, 4) is 17.2 Å². The van der Waals surface area contributed by atoms with E-state index >= 15 is 0 Å². The molecule has 0 bridgehead atoms. The number of carbonyl (C=O) groups excluding carboxylic acids is 1. The number of benzene rings is 2. The minimum Gasteiger partial charge on any atom is -0.493 e. The Morgan fingerprint density at radius 1 is 1.04 bits per heavy atom. The van der Waals surface area contributed by atoms with Crippen LogP contribution in [0.4, 0.5) is 4.39 Å². The molecule has 0 radical (unpaired) electrons. The molecule has 2 rings (SSSR count). The monoisotopic (exact) mass is 350 g/mol. The van der Waals surface area contributed by atoms with Crippen LogP contribution in [-0.2, 0) is 0 Å². The van der Waals surface area contributed by atoms with Gasteiger partial charge in [0.1, 0.15) is 5.82 Å². The molecule has 0 spiro atoms. The van der Waals surface area contributed by atoms with Crippen LogP contribution >= 0.6 is 11.6 Å². The summed E-state index contributed by atoms with van der Waals surface area (Å²) in [6.45, 7) is 0. The van der Waals surface area contributed by atoms with Gasteiger partial charge in [0.2, 0.25) is 5.75 Å². The molecule has 2 aromatic carbocycles. The van der Waals surface area contributed by atoms with Crippen LogP contribution in [0.15, 0.2) is 36.4 Å². The molecule has 0 aliphatic heterocycles. The number of methoxy groups -OCH3 is 3. The Kier molecular flexibility index (Phi) is 5.82. The molecule has 0 aromatic heterocycles. The first-order valence-corrected chi connectivity index (χ1v) is 7.36. The van der Waals surface area contributed by atoms with Crippen molar-refractivity contribution in [1.82, 2.24) is 0 Å². The van der Waals surface area contributed by atoms with E-state index in [0.29, 0.717) is 22.8 Å². The SMILES string of the molecule is COc1ccc(/C=C/C(=O)c2ccc(F)cc2Cl)c(OC)c1OC. The van der Waals surface area contributed by atoms with Crippen LogP contribution in [0.25, 0.3) is 6.08 Å². The van der Waals surface area contributed by atoms with E-state index < -0.39 is 5.82 Å². The van der Waals surface area contributed by atoms with Crippen molar-refractivity contribution >= 4 is 23.5 Å². The smallest absolute Gasteiger partial charge is 0.203 e. The van der Waals surface area contributed by atoms with Crippen molar-refractivity contribution in [2.24, 2.45) is 0 Å². The topological polar surface area (TPSA) is 44.8 Å². The zero-order valence-electron chi connectivity index (χ0n) is 13.4. The van der Waals surface area contributed by atoms with Crippen molar-refractivity contribution < 1.29 is 23.4 Å². The first-order chi connectivity index (χ1) is 11.5. The number of ketones is 1. The minimum atomic E-state index is -0.498.